The van der Waals surface area contributed by atoms with E-state index in [1.807, 2.05) is 4.90 Å². The number of nitrogens with zero attached hydrogens (tertiary/aromatic N) is 4. The van der Waals surface area contributed by atoms with Gasteiger partial charge >= 0.3 is 0 Å². The molecule has 3 atom stereocenters. The number of hydrogen-bond acceptors (Lipinski definition) is 5. The fraction of sp³-hybridized carbons (Fsp3) is 0.684. The molecule has 7 heteroatoms. The third kappa shape index (κ3) is 3.58. The van der Waals surface area contributed by atoms with E-state index in [0.717, 1.165) is 31.8 Å². The minimum absolute atomic E-state index is 0.0456. The van der Waals surface area contributed by atoms with Gasteiger partial charge in [-0.1, -0.05) is 0 Å². The van der Waals surface area contributed by atoms with Gasteiger partial charge in [0, 0.05) is 32.0 Å². The minimum atomic E-state index is -0.365. The maximum absolute atomic E-state index is 13.4. The molecule has 7 nitrogen and oxygen atoms in total. The van der Waals surface area contributed by atoms with Gasteiger partial charge < -0.3 is 15.5 Å². The molecule has 1 aliphatic carbocycles. The maximum Gasteiger partial charge on any atom is 0.228 e. The highest BCUT2D eigenvalue weighted by Gasteiger charge is 2.43. The monoisotopic (exact) mass is 357 g/mol. The van der Waals surface area contributed by atoms with Crippen molar-refractivity contribution < 1.29 is 9.59 Å². The van der Waals surface area contributed by atoms with Crippen molar-refractivity contribution in [2.24, 2.45) is 23.5 Å². The van der Waals surface area contributed by atoms with Crippen LogP contribution in [0.3, 0.4) is 0 Å². The Bertz CT molecular complexity index is 663. The fourth-order valence-electron chi connectivity index (χ4n) is 4.44. The topological polar surface area (TPSA) is 92.4 Å². The summed E-state index contributed by atoms with van der Waals surface area (Å²) in [7, 11) is 0. The van der Waals surface area contributed by atoms with Crippen LogP contribution in [0.5, 0.6) is 0 Å². The highest BCUT2D eigenvalue weighted by atomic mass is 16.2. The number of carbonyl (C=O) groups is 2. The Morgan fingerprint density at radius 3 is 2.54 bits per heavy atom. The molecule has 2 saturated heterocycles. The molecule has 1 unspecified atom stereocenters. The van der Waals surface area contributed by atoms with Crippen molar-refractivity contribution in [2.45, 2.75) is 38.1 Å². The van der Waals surface area contributed by atoms with Crippen LogP contribution in [-0.2, 0) is 9.59 Å². The van der Waals surface area contributed by atoms with Crippen molar-refractivity contribution in [3.63, 3.8) is 0 Å². The van der Waals surface area contributed by atoms with E-state index in [1.165, 1.54) is 12.8 Å². The predicted octanol–water partition coefficient (Wildman–Crippen LogP) is 0.973. The molecule has 1 saturated carbocycles. The fourth-order valence-corrected chi connectivity index (χ4v) is 4.44. The quantitative estimate of drug-likeness (QED) is 0.848. The third-order valence-electron chi connectivity index (χ3n) is 6.01. The highest BCUT2D eigenvalue weighted by Crippen LogP contribution is 2.36. The van der Waals surface area contributed by atoms with Crippen LogP contribution < -0.4 is 5.73 Å². The average Bonchev–Trinajstić information content (AvgIpc) is 3.33. The van der Waals surface area contributed by atoms with Gasteiger partial charge in [0.25, 0.3) is 0 Å². The largest absolute Gasteiger partial charge is 0.369 e. The summed E-state index contributed by atoms with van der Waals surface area (Å²) in [5.41, 5.74) is 5.65. The Morgan fingerprint density at radius 1 is 1.08 bits per heavy atom. The molecule has 3 heterocycles. The SMILES string of the molecule is NC(=O)[C@H]1CCN(CC2CC2)C[C@H]1C(=O)N1CCCC1c1ncccn1. The third-order valence-corrected chi connectivity index (χ3v) is 6.01. The van der Waals surface area contributed by atoms with Crippen molar-refractivity contribution >= 4 is 11.8 Å². The van der Waals surface area contributed by atoms with Crippen molar-refractivity contribution in [2.75, 3.05) is 26.2 Å². The van der Waals surface area contributed by atoms with E-state index in [-0.39, 0.29) is 29.7 Å². The zero-order valence-corrected chi connectivity index (χ0v) is 15.1. The summed E-state index contributed by atoms with van der Waals surface area (Å²) in [6.07, 6.45) is 8.49. The smallest absolute Gasteiger partial charge is 0.228 e. The molecule has 4 rings (SSSR count). The number of nitrogens with two attached hydrogens (primary N) is 1. The van der Waals surface area contributed by atoms with Crippen molar-refractivity contribution in [3.8, 4) is 0 Å². The lowest BCUT2D eigenvalue weighted by Gasteiger charge is -2.39. The van der Waals surface area contributed by atoms with E-state index in [1.54, 1.807) is 18.5 Å². The number of amides is 2. The molecule has 2 aliphatic heterocycles. The molecule has 3 fully saturated rings. The first kappa shape index (κ1) is 17.4. The molecule has 2 amide bonds. The lowest BCUT2D eigenvalue weighted by Crippen LogP contribution is -2.52. The Kier molecular flexibility index (Phi) is 4.89. The van der Waals surface area contributed by atoms with Crippen LogP contribution >= 0.6 is 0 Å². The number of carbonyl (C=O) groups excluding carboxylic acids is 2. The first-order valence-electron chi connectivity index (χ1n) is 9.72. The van der Waals surface area contributed by atoms with Gasteiger partial charge in [0.15, 0.2) is 5.82 Å². The van der Waals surface area contributed by atoms with Crippen molar-refractivity contribution in [3.05, 3.63) is 24.3 Å². The van der Waals surface area contributed by atoms with Gasteiger partial charge in [-0.25, -0.2) is 9.97 Å². The molecule has 0 aromatic carbocycles. The number of rotatable bonds is 5. The Labute approximate surface area is 154 Å². The van der Waals surface area contributed by atoms with Gasteiger partial charge in [0.05, 0.1) is 17.9 Å². The van der Waals surface area contributed by atoms with E-state index in [4.69, 9.17) is 5.73 Å². The summed E-state index contributed by atoms with van der Waals surface area (Å²) in [5.74, 6) is 0.457. The summed E-state index contributed by atoms with van der Waals surface area (Å²) in [5, 5.41) is 0. The molecule has 0 radical (unpaired) electrons. The van der Waals surface area contributed by atoms with E-state index in [2.05, 4.69) is 14.9 Å². The van der Waals surface area contributed by atoms with E-state index >= 15 is 0 Å². The van der Waals surface area contributed by atoms with Crippen molar-refractivity contribution in [1.82, 2.24) is 19.8 Å². The van der Waals surface area contributed by atoms with Crippen LogP contribution in [0.4, 0.5) is 0 Å². The minimum Gasteiger partial charge on any atom is -0.369 e. The van der Waals surface area contributed by atoms with Crippen LogP contribution in [0.15, 0.2) is 18.5 Å². The van der Waals surface area contributed by atoms with Gasteiger partial charge in [-0.15, -0.1) is 0 Å². The van der Waals surface area contributed by atoms with Crippen LogP contribution in [0, 0.1) is 17.8 Å². The van der Waals surface area contributed by atoms with Crippen LogP contribution in [0.1, 0.15) is 44.0 Å². The molecular weight excluding hydrogens is 330 g/mol. The van der Waals surface area contributed by atoms with Crippen LogP contribution in [-0.4, -0.2) is 57.8 Å². The van der Waals surface area contributed by atoms with Crippen LogP contribution in [0.25, 0.3) is 0 Å². The molecule has 2 N–H and O–H groups in total. The summed E-state index contributed by atoms with van der Waals surface area (Å²) in [4.78, 5) is 38.3. The van der Waals surface area contributed by atoms with E-state index in [9.17, 15) is 9.59 Å². The molecule has 140 valence electrons. The number of primary amides is 1. The number of aromatic nitrogens is 2. The second-order valence-electron chi connectivity index (χ2n) is 7.90. The standard InChI is InChI=1S/C19H27N5O2/c20-17(25)14-6-10-23(11-13-4-5-13)12-15(14)19(26)24-9-1-3-16(24)18-21-7-2-8-22-18/h2,7-8,13-16H,1,3-6,9-12H2,(H2,20,25)/t14-,15+,16?/m0/s1. The second kappa shape index (κ2) is 7.31. The first-order valence-corrected chi connectivity index (χ1v) is 9.72. The molecule has 26 heavy (non-hydrogen) atoms. The highest BCUT2D eigenvalue weighted by molar-refractivity contribution is 5.87. The lowest BCUT2D eigenvalue weighted by molar-refractivity contribution is -0.145. The Morgan fingerprint density at radius 2 is 1.85 bits per heavy atom. The average molecular weight is 357 g/mol. The first-order chi connectivity index (χ1) is 12.6. The maximum atomic E-state index is 13.4. The van der Waals surface area contributed by atoms with Crippen LogP contribution in [0.2, 0.25) is 0 Å². The van der Waals surface area contributed by atoms with E-state index in [0.29, 0.717) is 25.3 Å². The number of hydrogen-bond donors (Lipinski definition) is 1. The summed E-state index contributed by atoms with van der Waals surface area (Å²) in [6, 6.07) is 1.70. The zero-order valence-electron chi connectivity index (χ0n) is 15.1. The predicted molar refractivity (Wildman–Crippen MR) is 95.7 cm³/mol. The summed E-state index contributed by atoms with van der Waals surface area (Å²) >= 11 is 0. The molecule has 0 bridgehead atoms. The molecular formula is C19H27N5O2. The number of piperidine rings is 1. The summed E-state index contributed by atoms with van der Waals surface area (Å²) < 4.78 is 0. The Balaban J connectivity index is 1.51. The van der Waals surface area contributed by atoms with Gasteiger partial charge in [-0.05, 0) is 50.6 Å². The lowest BCUT2D eigenvalue weighted by atomic mass is 9.83. The van der Waals surface area contributed by atoms with Crippen molar-refractivity contribution in [1.29, 1.82) is 0 Å². The molecule has 1 aromatic rings. The summed E-state index contributed by atoms with van der Waals surface area (Å²) in [6.45, 7) is 3.24. The molecule has 0 spiro atoms. The zero-order chi connectivity index (χ0) is 18.1. The number of likely N-dealkylation sites (tertiary alicyclic amines) is 2. The van der Waals surface area contributed by atoms with Gasteiger partial charge in [0.1, 0.15) is 0 Å². The van der Waals surface area contributed by atoms with Gasteiger partial charge in [-0.2, -0.15) is 0 Å². The molecule has 3 aliphatic rings. The van der Waals surface area contributed by atoms with Gasteiger partial charge in [-0.3, -0.25) is 9.59 Å². The van der Waals surface area contributed by atoms with Gasteiger partial charge in [0.2, 0.25) is 11.8 Å². The normalized spacial score (nSPS) is 29.7. The molecule has 1 aromatic heterocycles. The Hall–Kier alpha value is -2.02. The second-order valence-corrected chi connectivity index (χ2v) is 7.90. The van der Waals surface area contributed by atoms with E-state index < -0.39 is 0 Å².